The molecule has 6 nitrogen and oxygen atoms in total. The second-order valence-corrected chi connectivity index (χ2v) is 7.77. The van der Waals surface area contributed by atoms with Gasteiger partial charge in [0.15, 0.2) is 0 Å². The van der Waals surface area contributed by atoms with E-state index in [0.717, 1.165) is 5.56 Å². The summed E-state index contributed by atoms with van der Waals surface area (Å²) in [6, 6.07) is 13.2. The van der Waals surface area contributed by atoms with Crippen molar-refractivity contribution in [2.24, 2.45) is 0 Å². The lowest BCUT2D eigenvalue weighted by Gasteiger charge is -2.03. The highest BCUT2D eigenvalue weighted by molar-refractivity contribution is 7.17. The Labute approximate surface area is 178 Å². The zero-order valence-electron chi connectivity index (χ0n) is 15.3. The normalized spacial score (nSPS) is 11.3. The van der Waals surface area contributed by atoms with E-state index in [1.165, 1.54) is 34.4 Å². The smallest absolute Gasteiger partial charge is 0.263 e. The van der Waals surface area contributed by atoms with Crippen LogP contribution in [0.3, 0.4) is 0 Å². The molecule has 30 heavy (non-hydrogen) atoms. The van der Waals surface area contributed by atoms with Gasteiger partial charge in [0.05, 0.1) is 16.7 Å². The lowest BCUT2D eigenvalue weighted by molar-refractivity contribution is 0.369. The van der Waals surface area contributed by atoms with Gasteiger partial charge in [0.2, 0.25) is 11.7 Å². The molecule has 0 N–H and O–H groups in total. The number of halogens is 2. The Morgan fingerprint density at radius 2 is 1.90 bits per heavy atom. The largest absolute Gasteiger partial charge is 0.337 e. The van der Waals surface area contributed by atoms with Gasteiger partial charge >= 0.3 is 0 Å². The minimum absolute atomic E-state index is 0.0674. The molecule has 5 rings (SSSR count). The summed E-state index contributed by atoms with van der Waals surface area (Å²) in [6.07, 6.45) is 1.45. The van der Waals surface area contributed by atoms with Gasteiger partial charge in [0.1, 0.15) is 17.2 Å². The van der Waals surface area contributed by atoms with Crippen molar-refractivity contribution in [1.29, 1.82) is 0 Å². The van der Waals surface area contributed by atoms with Crippen molar-refractivity contribution in [2.75, 3.05) is 0 Å². The average molecular weight is 439 g/mol. The summed E-state index contributed by atoms with van der Waals surface area (Å²) in [6.45, 7) is 0.0674. The Balaban J connectivity index is 1.52. The van der Waals surface area contributed by atoms with Gasteiger partial charge in [-0.25, -0.2) is 9.37 Å². The van der Waals surface area contributed by atoms with Crippen LogP contribution in [-0.4, -0.2) is 19.7 Å². The van der Waals surface area contributed by atoms with Crippen molar-refractivity contribution in [3.8, 4) is 22.5 Å². The number of nitrogens with zero attached hydrogens (tertiary/aromatic N) is 4. The molecule has 0 aliphatic rings. The molecule has 0 fully saturated rings. The van der Waals surface area contributed by atoms with Crippen molar-refractivity contribution in [3.63, 3.8) is 0 Å². The summed E-state index contributed by atoms with van der Waals surface area (Å²) in [5.74, 6) is 0.270. The van der Waals surface area contributed by atoms with Crippen molar-refractivity contribution >= 4 is 33.2 Å². The predicted molar refractivity (Wildman–Crippen MR) is 113 cm³/mol. The molecular weight excluding hydrogens is 427 g/mol. The lowest BCUT2D eigenvalue weighted by Crippen LogP contribution is -2.21. The summed E-state index contributed by atoms with van der Waals surface area (Å²) in [7, 11) is 0. The van der Waals surface area contributed by atoms with Crippen LogP contribution in [0, 0.1) is 5.82 Å². The van der Waals surface area contributed by atoms with Crippen molar-refractivity contribution in [2.45, 2.75) is 6.54 Å². The molecule has 9 heteroatoms. The van der Waals surface area contributed by atoms with Crippen molar-refractivity contribution in [3.05, 3.63) is 87.3 Å². The topological polar surface area (TPSA) is 73.8 Å². The average Bonchev–Trinajstić information content (AvgIpc) is 3.39. The molecule has 5 aromatic rings. The van der Waals surface area contributed by atoms with Gasteiger partial charge in [-0.3, -0.25) is 9.36 Å². The van der Waals surface area contributed by atoms with E-state index in [1.54, 1.807) is 24.3 Å². The standard InChI is InChI=1S/C21H12ClFN4O2S/c22-16-4-2-1-3-14(16)19-25-17(29-26-19)9-27-11-24-20-18(21(27)28)15(10-30-20)12-5-7-13(23)8-6-12/h1-8,10-11H,9H2. The maximum absolute atomic E-state index is 13.3. The van der Waals surface area contributed by atoms with Gasteiger partial charge in [-0.1, -0.05) is 41.0 Å². The molecule has 3 heterocycles. The molecule has 3 aromatic heterocycles. The number of fused-ring (bicyclic) bond motifs is 1. The molecule has 0 saturated carbocycles. The Hall–Kier alpha value is -3.36. The number of benzene rings is 2. The van der Waals surface area contributed by atoms with Crippen LogP contribution >= 0.6 is 22.9 Å². The molecule has 0 unspecified atom stereocenters. The van der Waals surface area contributed by atoms with Crippen LogP contribution in [-0.2, 0) is 6.54 Å². The van der Waals surface area contributed by atoms with E-state index in [0.29, 0.717) is 32.2 Å². The van der Waals surface area contributed by atoms with Gasteiger partial charge in [-0.2, -0.15) is 4.98 Å². The number of hydrogen-bond acceptors (Lipinski definition) is 6. The predicted octanol–water partition coefficient (Wildman–Crippen LogP) is 5.02. The summed E-state index contributed by atoms with van der Waals surface area (Å²) in [5, 5.41) is 6.78. The zero-order chi connectivity index (χ0) is 20.7. The third-order valence-corrected chi connectivity index (χ3v) is 5.82. The molecule has 0 aliphatic carbocycles. The molecule has 0 bridgehead atoms. The van der Waals surface area contributed by atoms with E-state index < -0.39 is 0 Å². The van der Waals surface area contributed by atoms with Crippen LogP contribution in [0.2, 0.25) is 5.02 Å². The van der Waals surface area contributed by atoms with Crippen molar-refractivity contribution in [1.82, 2.24) is 19.7 Å². The summed E-state index contributed by atoms with van der Waals surface area (Å²) in [5.41, 5.74) is 1.87. The summed E-state index contributed by atoms with van der Waals surface area (Å²) >= 11 is 7.54. The Morgan fingerprint density at radius 3 is 2.70 bits per heavy atom. The molecule has 2 aromatic carbocycles. The van der Waals surface area contributed by atoms with E-state index in [2.05, 4.69) is 15.1 Å². The highest BCUT2D eigenvalue weighted by Crippen LogP contribution is 2.31. The Bertz CT molecular complexity index is 1430. The van der Waals surface area contributed by atoms with E-state index in [1.807, 2.05) is 17.5 Å². The fourth-order valence-corrected chi connectivity index (χ4v) is 4.27. The van der Waals surface area contributed by atoms with Gasteiger partial charge in [0.25, 0.3) is 5.56 Å². The van der Waals surface area contributed by atoms with Gasteiger partial charge in [-0.15, -0.1) is 11.3 Å². The minimum atomic E-state index is -0.334. The lowest BCUT2D eigenvalue weighted by atomic mass is 10.1. The van der Waals surface area contributed by atoms with Crippen LogP contribution < -0.4 is 5.56 Å². The second-order valence-electron chi connectivity index (χ2n) is 6.51. The monoisotopic (exact) mass is 438 g/mol. The van der Waals surface area contributed by atoms with Gasteiger partial charge in [0, 0.05) is 16.5 Å². The first-order chi connectivity index (χ1) is 14.6. The first kappa shape index (κ1) is 18.7. The fraction of sp³-hybridized carbons (Fsp3) is 0.0476. The maximum Gasteiger partial charge on any atom is 0.263 e. The molecule has 0 atom stereocenters. The van der Waals surface area contributed by atoms with E-state index in [-0.39, 0.29) is 23.8 Å². The van der Waals surface area contributed by atoms with Crippen LogP contribution in [0.1, 0.15) is 5.89 Å². The first-order valence-electron chi connectivity index (χ1n) is 8.90. The third-order valence-electron chi connectivity index (χ3n) is 4.60. The second kappa shape index (κ2) is 7.47. The van der Waals surface area contributed by atoms with Crippen molar-refractivity contribution < 1.29 is 8.91 Å². The third kappa shape index (κ3) is 3.30. The molecule has 0 amide bonds. The first-order valence-corrected chi connectivity index (χ1v) is 10.2. The molecule has 0 aliphatic heterocycles. The Kier molecular flexibility index (Phi) is 4.65. The van der Waals surface area contributed by atoms with Crippen LogP contribution in [0.15, 0.2) is 69.6 Å². The molecule has 0 radical (unpaired) electrons. The molecule has 0 spiro atoms. The van der Waals surface area contributed by atoms with Crippen LogP contribution in [0.25, 0.3) is 32.7 Å². The molecule has 0 saturated heterocycles. The van der Waals surface area contributed by atoms with E-state index in [4.69, 9.17) is 16.1 Å². The summed E-state index contributed by atoms with van der Waals surface area (Å²) in [4.78, 5) is 22.5. The zero-order valence-corrected chi connectivity index (χ0v) is 16.8. The quantitative estimate of drug-likeness (QED) is 0.394. The number of rotatable bonds is 4. The SMILES string of the molecule is O=c1c2c(-c3ccc(F)cc3)csc2ncn1Cc1nc(-c2ccccc2Cl)no1. The highest BCUT2D eigenvalue weighted by Gasteiger charge is 2.16. The Morgan fingerprint density at radius 1 is 1.10 bits per heavy atom. The van der Waals surface area contributed by atoms with Crippen LogP contribution in [0.4, 0.5) is 4.39 Å². The number of thiophene rings is 1. The van der Waals surface area contributed by atoms with Gasteiger partial charge in [-0.05, 0) is 29.8 Å². The molecule has 148 valence electrons. The maximum atomic E-state index is 13.3. The summed E-state index contributed by atoms with van der Waals surface area (Å²) < 4.78 is 20.0. The number of aromatic nitrogens is 4. The van der Waals surface area contributed by atoms with E-state index in [9.17, 15) is 9.18 Å². The van der Waals surface area contributed by atoms with Gasteiger partial charge < -0.3 is 4.52 Å². The van der Waals surface area contributed by atoms with Crippen LogP contribution in [0.5, 0.6) is 0 Å². The van der Waals surface area contributed by atoms with E-state index >= 15 is 0 Å². The highest BCUT2D eigenvalue weighted by atomic mass is 35.5. The fourth-order valence-electron chi connectivity index (χ4n) is 3.14. The number of hydrogen-bond donors (Lipinski definition) is 0. The minimum Gasteiger partial charge on any atom is -0.337 e. The molecular formula is C21H12ClFN4O2S.